The number of nitriles is 1. The Labute approximate surface area is 176 Å². The molecular formula is C25H26FNO3. The predicted octanol–water partition coefficient (Wildman–Crippen LogP) is 5.42. The maximum atomic E-state index is 15.5. The summed E-state index contributed by atoms with van der Waals surface area (Å²) in [5.74, 6) is 0.641. The fourth-order valence-electron chi connectivity index (χ4n) is 3.70. The molecule has 4 nitrogen and oxygen atoms in total. The average molecular weight is 407 g/mol. The number of hydrogen-bond acceptors (Lipinski definition) is 4. The highest BCUT2D eigenvalue weighted by Gasteiger charge is 2.50. The summed E-state index contributed by atoms with van der Waals surface area (Å²) >= 11 is 0. The largest absolute Gasteiger partial charge is 0.497 e. The van der Waals surface area contributed by atoms with Crippen molar-refractivity contribution < 1.29 is 18.7 Å². The third-order valence-corrected chi connectivity index (χ3v) is 5.58. The Morgan fingerprint density at radius 1 is 1.10 bits per heavy atom. The Morgan fingerprint density at radius 3 is 2.30 bits per heavy atom. The van der Waals surface area contributed by atoms with Crippen molar-refractivity contribution in [1.82, 2.24) is 0 Å². The molecule has 156 valence electrons. The molecule has 1 aliphatic rings. The number of benzene rings is 2. The molecule has 0 amide bonds. The molecule has 30 heavy (non-hydrogen) atoms. The number of hydrogen-bond donors (Lipinski definition) is 0. The Morgan fingerprint density at radius 2 is 1.73 bits per heavy atom. The summed E-state index contributed by atoms with van der Waals surface area (Å²) in [4.78, 5) is 12.8. The van der Waals surface area contributed by atoms with Crippen molar-refractivity contribution in [3.8, 4) is 17.6 Å². The summed E-state index contributed by atoms with van der Waals surface area (Å²) in [6, 6.07) is 15.8. The number of ether oxygens (including phenoxy) is 2. The van der Waals surface area contributed by atoms with E-state index in [1.807, 2.05) is 31.2 Å². The number of carbonyl (C=O) groups is 1. The summed E-state index contributed by atoms with van der Waals surface area (Å²) in [6.45, 7) is 4.64. The molecule has 0 spiro atoms. The van der Waals surface area contributed by atoms with Crippen LogP contribution in [0.3, 0.4) is 0 Å². The van der Waals surface area contributed by atoms with E-state index in [2.05, 4.69) is 6.92 Å². The lowest BCUT2D eigenvalue weighted by Gasteiger charge is -2.36. The monoisotopic (exact) mass is 407 g/mol. The van der Waals surface area contributed by atoms with Gasteiger partial charge in [-0.15, -0.1) is 0 Å². The number of ketones is 1. The molecule has 0 bridgehead atoms. The summed E-state index contributed by atoms with van der Waals surface area (Å²) in [5, 5.41) is 9.51. The lowest BCUT2D eigenvalue weighted by Crippen LogP contribution is -2.43. The zero-order chi connectivity index (χ0) is 21.8. The predicted molar refractivity (Wildman–Crippen MR) is 114 cm³/mol. The molecule has 0 radical (unpaired) electrons. The van der Waals surface area contributed by atoms with E-state index in [-0.39, 0.29) is 12.0 Å². The molecule has 1 unspecified atom stereocenters. The van der Waals surface area contributed by atoms with E-state index in [0.717, 1.165) is 24.2 Å². The van der Waals surface area contributed by atoms with Crippen LogP contribution in [-0.2, 0) is 10.2 Å². The Balaban J connectivity index is 2.00. The minimum Gasteiger partial charge on any atom is -0.497 e. The van der Waals surface area contributed by atoms with Gasteiger partial charge in [-0.1, -0.05) is 50.6 Å². The van der Waals surface area contributed by atoms with Gasteiger partial charge < -0.3 is 9.47 Å². The minimum atomic E-state index is -2.67. The molecule has 2 atom stereocenters. The van der Waals surface area contributed by atoms with Crippen LogP contribution in [0.25, 0.3) is 5.57 Å². The number of unbranched alkanes of at least 4 members (excludes halogenated alkanes) is 1. The first kappa shape index (κ1) is 21.6. The number of alkyl halides is 1. The number of halogens is 1. The van der Waals surface area contributed by atoms with Gasteiger partial charge in [0.15, 0.2) is 5.78 Å². The van der Waals surface area contributed by atoms with Gasteiger partial charge in [-0.05, 0) is 41.8 Å². The van der Waals surface area contributed by atoms with Crippen LogP contribution in [0.15, 0.2) is 54.6 Å². The second kappa shape index (κ2) is 8.71. The van der Waals surface area contributed by atoms with Gasteiger partial charge in [-0.3, -0.25) is 4.79 Å². The van der Waals surface area contributed by atoms with Crippen LogP contribution in [0.5, 0.6) is 11.5 Å². The maximum Gasteiger partial charge on any atom is 0.278 e. The van der Waals surface area contributed by atoms with Gasteiger partial charge in [0.25, 0.3) is 5.67 Å². The average Bonchev–Trinajstić information content (AvgIpc) is 2.77. The van der Waals surface area contributed by atoms with Gasteiger partial charge in [0.05, 0.1) is 13.7 Å². The Kier molecular flexibility index (Phi) is 6.26. The van der Waals surface area contributed by atoms with Gasteiger partial charge in [0.1, 0.15) is 17.6 Å². The molecule has 0 saturated heterocycles. The molecule has 2 aromatic carbocycles. The first-order chi connectivity index (χ1) is 14.4. The number of rotatable bonds is 7. The second-order valence-electron chi connectivity index (χ2n) is 7.80. The molecular weight excluding hydrogens is 381 g/mol. The molecule has 0 saturated carbocycles. The molecule has 0 aliphatic heterocycles. The summed E-state index contributed by atoms with van der Waals surface area (Å²) < 4.78 is 26.4. The highest BCUT2D eigenvalue weighted by Crippen LogP contribution is 2.45. The lowest BCUT2D eigenvalue weighted by molar-refractivity contribution is -0.126. The third-order valence-electron chi connectivity index (χ3n) is 5.58. The van der Waals surface area contributed by atoms with Gasteiger partial charge in [-0.25, -0.2) is 4.39 Å². The van der Waals surface area contributed by atoms with Crippen molar-refractivity contribution in [3.05, 3.63) is 65.7 Å². The first-order valence-corrected chi connectivity index (χ1v) is 10.1. The first-order valence-electron chi connectivity index (χ1n) is 10.1. The van der Waals surface area contributed by atoms with E-state index in [0.29, 0.717) is 17.9 Å². The highest BCUT2D eigenvalue weighted by atomic mass is 19.1. The van der Waals surface area contributed by atoms with Crippen LogP contribution < -0.4 is 9.47 Å². The van der Waals surface area contributed by atoms with Crippen LogP contribution in [0, 0.1) is 11.3 Å². The van der Waals surface area contributed by atoms with Crippen molar-refractivity contribution in [2.45, 2.75) is 44.2 Å². The number of allylic oxidation sites excluding steroid dienone is 2. The smallest absolute Gasteiger partial charge is 0.278 e. The van der Waals surface area contributed by atoms with E-state index in [4.69, 9.17) is 9.47 Å². The number of Topliss-reactive ketones (excluding diaryl/α,β-unsaturated/α-hetero) is 1. The molecule has 0 aromatic heterocycles. The number of carbonyl (C=O) groups excluding carboxylic acids is 1. The molecule has 2 aromatic rings. The number of nitrogens with zero attached hydrogens (tertiary/aromatic N) is 1. The molecule has 1 aliphatic carbocycles. The second-order valence-corrected chi connectivity index (χ2v) is 7.80. The van der Waals surface area contributed by atoms with Crippen LogP contribution in [-0.4, -0.2) is 25.2 Å². The van der Waals surface area contributed by atoms with Crippen LogP contribution in [0.1, 0.15) is 44.2 Å². The van der Waals surface area contributed by atoms with E-state index >= 15 is 4.39 Å². The van der Waals surface area contributed by atoms with E-state index in [9.17, 15) is 10.1 Å². The summed E-state index contributed by atoms with van der Waals surface area (Å²) in [5.41, 5.74) is -1.98. The van der Waals surface area contributed by atoms with E-state index in [1.165, 1.54) is 0 Å². The quantitative estimate of drug-likeness (QED) is 0.575. The molecule has 0 heterocycles. The lowest BCUT2D eigenvalue weighted by atomic mass is 9.67. The van der Waals surface area contributed by atoms with Crippen LogP contribution in [0.4, 0.5) is 4.39 Å². The van der Waals surface area contributed by atoms with Gasteiger partial charge in [0, 0.05) is 17.4 Å². The Bertz CT molecular complexity index is 975. The zero-order valence-electron chi connectivity index (χ0n) is 17.6. The van der Waals surface area contributed by atoms with Crippen molar-refractivity contribution in [2.75, 3.05) is 13.7 Å². The van der Waals surface area contributed by atoms with Crippen molar-refractivity contribution in [2.24, 2.45) is 0 Å². The maximum absolute atomic E-state index is 15.5. The van der Waals surface area contributed by atoms with Gasteiger partial charge >= 0.3 is 0 Å². The SMILES string of the molecule is CCCCOc1ccc([C@]2(C)C=C(c3ccc(OC)cc3)C(F)(C#N)C(=O)C2)cc1. The third kappa shape index (κ3) is 4.09. The van der Waals surface area contributed by atoms with Crippen molar-refractivity contribution >= 4 is 11.4 Å². The summed E-state index contributed by atoms with van der Waals surface area (Å²) in [7, 11) is 1.54. The zero-order valence-corrected chi connectivity index (χ0v) is 17.6. The fraction of sp³-hybridized carbons (Fsp3) is 0.360. The fourth-order valence-corrected chi connectivity index (χ4v) is 3.70. The van der Waals surface area contributed by atoms with Crippen molar-refractivity contribution in [3.63, 3.8) is 0 Å². The van der Waals surface area contributed by atoms with E-state index < -0.39 is 16.9 Å². The van der Waals surface area contributed by atoms with Crippen molar-refractivity contribution in [1.29, 1.82) is 5.26 Å². The van der Waals surface area contributed by atoms with E-state index in [1.54, 1.807) is 43.5 Å². The normalized spacial score (nSPS) is 23.4. The van der Waals surface area contributed by atoms with Crippen LogP contribution >= 0.6 is 0 Å². The molecule has 0 fully saturated rings. The molecule has 5 heteroatoms. The summed E-state index contributed by atoms with van der Waals surface area (Å²) in [6.07, 6.45) is 3.66. The minimum absolute atomic E-state index is 0.0784. The Hall–Kier alpha value is -3.13. The topological polar surface area (TPSA) is 59.3 Å². The van der Waals surface area contributed by atoms with Gasteiger partial charge in [0.2, 0.25) is 0 Å². The standard InChI is InChI=1S/C25H26FNO3/c1-4-5-14-30-21-12-8-19(9-13-21)24(2)15-22(25(26,17-27)23(28)16-24)18-6-10-20(29-3)11-7-18/h6-13,15H,4-5,14,16H2,1-3H3/t24-,25?/m1/s1. The highest BCUT2D eigenvalue weighted by molar-refractivity contribution is 6.07. The number of methoxy groups -OCH3 is 1. The van der Waals surface area contributed by atoms with Crippen LogP contribution in [0.2, 0.25) is 0 Å². The molecule has 0 N–H and O–H groups in total. The molecule has 3 rings (SSSR count). The van der Waals surface area contributed by atoms with Gasteiger partial charge in [-0.2, -0.15) is 5.26 Å².